The summed E-state index contributed by atoms with van der Waals surface area (Å²) in [6.07, 6.45) is 5.14. The summed E-state index contributed by atoms with van der Waals surface area (Å²) in [5.41, 5.74) is 1.42. The molecule has 1 N–H and O–H groups in total. The molecule has 1 heterocycles. The van der Waals surface area contributed by atoms with Crippen molar-refractivity contribution in [2.45, 2.75) is 45.6 Å². The van der Waals surface area contributed by atoms with Crippen LogP contribution in [0.2, 0.25) is 0 Å². The summed E-state index contributed by atoms with van der Waals surface area (Å²) in [6, 6.07) is 0. The summed E-state index contributed by atoms with van der Waals surface area (Å²) in [6.45, 7) is 10.2. The number of hydrogen-bond acceptors (Lipinski definition) is 3. The van der Waals surface area contributed by atoms with Crippen LogP contribution < -0.4 is 5.32 Å². The number of rotatable bonds is 7. The maximum atomic E-state index is 5.54. The Morgan fingerprint density at radius 2 is 2.44 bits per heavy atom. The Labute approximate surface area is 104 Å². The first-order valence-electron chi connectivity index (χ1n) is 6.09. The van der Waals surface area contributed by atoms with Gasteiger partial charge in [0.1, 0.15) is 0 Å². The Hall–Kier alpha value is -0.410. The highest BCUT2D eigenvalue weighted by Gasteiger charge is 2.14. The van der Waals surface area contributed by atoms with Crippen LogP contribution in [0.4, 0.5) is 0 Å². The molecule has 0 aromatic heterocycles. The van der Waals surface area contributed by atoms with E-state index < -0.39 is 0 Å². The third kappa shape index (κ3) is 5.61. The van der Waals surface area contributed by atoms with Crippen molar-refractivity contribution >= 4 is 11.8 Å². The molecule has 2 nitrogen and oxygen atoms in total. The number of ether oxygens (including phenoxy) is 1. The summed E-state index contributed by atoms with van der Waals surface area (Å²) in [5.74, 6) is 0. The summed E-state index contributed by atoms with van der Waals surface area (Å²) < 4.78 is 5.54. The highest BCUT2D eigenvalue weighted by Crippen LogP contribution is 2.18. The first-order valence-corrected chi connectivity index (χ1v) is 6.97. The third-order valence-electron chi connectivity index (χ3n) is 2.60. The molecule has 1 unspecified atom stereocenters. The zero-order valence-corrected chi connectivity index (χ0v) is 11.2. The van der Waals surface area contributed by atoms with E-state index in [9.17, 15) is 0 Å². The van der Waals surface area contributed by atoms with Gasteiger partial charge in [-0.1, -0.05) is 37.3 Å². The molecule has 0 saturated carbocycles. The number of thioether (sulfide) groups is 1. The van der Waals surface area contributed by atoms with Gasteiger partial charge in [0.2, 0.25) is 0 Å². The molecule has 0 aromatic carbocycles. The lowest BCUT2D eigenvalue weighted by Gasteiger charge is -2.12. The van der Waals surface area contributed by atoms with Gasteiger partial charge in [0.25, 0.3) is 0 Å². The summed E-state index contributed by atoms with van der Waals surface area (Å²) in [5, 5.41) is 6.53. The molecule has 1 fully saturated rings. The van der Waals surface area contributed by atoms with Crippen molar-refractivity contribution in [2.75, 3.05) is 13.2 Å². The van der Waals surface area contributed by atoms with Crippen molar-refractivity contribution in [1.82, 2.24) is 5.32 Å². The number of hydrogen-bond donors (Lipinski definition) is 1. The molecule has 0 aromatic rings. The Balaban J connectivity index is 2.12. The molecule has 0 amide bonds. The third-order valence-corrected chi connectivity index (χ3v) is 3.55. The average Bonchev–Trinajstić information content (AvgIpc) is 2.77. The maximum Gasteiger partial charge on any atom is 0.0748 e. The Bertz CT molecular complexity index is 244. The van der Waals surface area contributed by atoms with E-state index in [2.05, 4.69) is 31.2 Å². The zero-order valence-electron chi connectivity index (χ0n) is 10.4. The Morgan fingerprint density at radius 3 is 3.06 bits per heavy atom. The normalized spacial score (nSPS) is 21.1. The van der Waals surface area contributed by atoms with Crippen LogP contribution in [0.5, 0.6) is 0 Å². The lowest BCUT2D eigenvalue weighted by molar-refractivity contribution is 0.113. The SMILES string of the molecule is C=C(NCC1CCCO1)S/C=C(/C)CCC. The van der Waals surface area contributed by atoms with Gasteiger partial charge in [0.05, 0.1) is 11.1 Å². The topological polar surface area (TPSA) is 21.3 Å². The molecule has 0 spiro atoms. The zero-order chi connectivity index (χ0) is 11.8. The minimum atomic E-state index is 0.387. The second-order valence-corrected chi connectivity index (χ2v) is 5.24. The summed E-state index contributed by atoms with van der Waals surface area (Å²) in [7, 11) is 0. The lowest BCUT2D eigenvalue weighted by atomic mass is 10.2. The molecular formula is C13H23NOS. The van der Waals surface area contributed by atoms with Crippen molar-refractivity contribution < 1.29 is 4.74 Å². The quantitative estimate of drug-likeness (QED) is 0.735. The largest absolute Gasteiger partial charge is 0.377 e. The molecule has 1 atom stereocenters. The van der Waals surface area contributed by atoms with Crippen LogP contribution in [-0.2, 0) is 4.74 Å². The summed E-state index contributed by atoms with van der Waals surface area (Å²) in [4.78, 5) is 0. The van der Waals surface area contributed by atoms with Crippen LogP contribution in [0.1, 0.15) is 39.5 Å². The predicted molar refractivity (Wildman–Crippen MR) is 72.4 cm³/mol. The first-order chi connectivity index (χ1) is 7.72. The predicted octanol–water partition coefficient (Wildman–Crippen LogP) is 3.66. The van der Waals surface area contributed by atoms with Crippen LogP contribution in [0.3, 0.4) is 0 Å². The van der Waals surface area contributed by atoms with Crippen molar-refractivity contribution in [3.8, 4) is 0 Å². The lowest BCUT2D eigenvalue weighted by Crippen LogP contribution is -2.24. The number of allylic oxidation sites excluding steroid dienone is 1. The molecule has 3 heteroatoms. The molecule has 0 aliphatic carbocycles. The van der Waals surface area contributed by atoms with E-state index in [1.54, 1.807) is 11.8 Å². The van der Waals surface area contributed by atoms with Crippen molar-refractivity contribution in [1.29, 1.82) is 0 Å². The van der Waals surface area contributed by atoms with Gasteiger partial charge in [-0.2, -0.15) is 0 Å². The minimum Gasteiger partial charge on any atom is -0.377 e. The Kier molecular flexibility index (Phi) is 6.65. The van der Waals surface area contributed by atoms with Gasteiger partial charge in [-0.3, -0.25) is 0 Å². The fraction of sp³-hybridized carbons (Fsp3) is 0.692. The fourth-order valence-electron chi connectivity index (χ4n) is 1.70. The second-order valence-electron chi connectivity index (χ2n) is 4.27. The van der Waals surface area contributed by atoms with E-state index in [0.29, 0.717) is 6.10 Å². The Morgan fingerprint density at radius 1 is 1.62 bits per heavy atom. The molecule has 1 aliphatic heterocycles. The van der Waals surface area contributed by atoms with Gasteiger partial charge in [-0.15, -0.1) is 0 Å². The van der Waals surface area contributed by atoms with Gasteiger partial charge in [0, 0.05) is 13.2 Å². The van der Waals surface area contributed by atoms with E-state index in [0.717, 1.165) is 18.2 Å². The van der Waals surface area contributed by atoms with E-state index in [1.807, 2.05) is 0 Å². The molecule has 1 rings (SSSR count). The van der Waals surface area contributed by atoms with Crippen LogP contribution in [0.15, 0.2) is 22.6 Å². The fourth-order valence-corrected chi connectivity index (χ4v) is 2.33. The molecule has 16 heavy (non-hydrogen) atoms. The molecule has 1 aliphatic rings. The minimum absolute atomic E-state index is 0.387. The van der Waals surface area contributed by atoms with Crippen LogP contribution >= 0.6 is 11.8 Å². The standard InChI is InChI=1S/C13H23NOS/c1-4-6-11(2)10-16-12(3)14-9-13-7-5-8-15-13/h10,13-14H,3-9H2,1-2H3/b11-10-. The van der Waals surface area contributed by atoms with Crippen LogP contribution in [0.25, 0.3) is 0 Å². The summed E-state index contributed by atoms with van der Waals surface area (Å²) >= 11 is 1.68. The van der Waals surface area contributed by atoms with E-state index >= 15 is 0 Å². The second kappa shape index (κ2) is 7.80. The van der Waals surface area contributed by atoms with E-state index in [-0.39, 0.29) is 0 Å². The van der Waals surface area contributed by atoms with Gasteiger partial charge in [-0.05, 0) is 31.6 Å². The highest BCUT2D eigenvalue weighted by molar-refractivity contribution is 8.05. The van der Waals surface area contributed by atoms with Gasteiger partial charge < -0.3 is 10.1 Å². The van der Waals surface area contributed by atoms with E-state index in [1.165, 1.54) is 31.3 Å². The maximum absolute atomic E-state index is 5.54. The molecule has 0 radical (unpaired) electrons. The molecule has 92 valence electrons. The molecule has 0 bridgehead atoms. The van der Waals surface area contributed by atoms with Gasteiger partial charge in [-0.25, -0.2) is 0 Å². The monoisotopic (exact) mass is 241 g/mol. The van der Waals surface area contributed by atoms with Crippen molar-refractivity contribution in [3.63, 3.8) is 0 Å². The van der Waals surface area contributed by atoms with E-state index in [4.69, 9.17) is 4.74 Å². The van der Waals surface area contributed by atoms with Crippen LogP contribution in [-0.4, -0.2) is 19.3 Å². The van der Waals surface area contributed by atoms with Gasteiger partial charge >= 0.3 is 0 Å². The molecule has 1 saturated heterocycles. The smallest absolute Gasteiger partial charge is 0.0748 e. The highest BCUT2D eigenvalue weighted by atomic mass is 32.2. The average molecular weight is 241 g/mol. The van der Waals surface area contributed by atoms with Crippen molar-refractivity contribution in [3.05, 3.63) is 22.6 Å². The first kappa shape index (κ1) is 13.7. The molecular weight excluding hydrogens is 218 g/mol. The number of nitrogens with one attached hydrogen (secondary N) is 1. The van der Waals surface area contributed by atoms with Gasteiger partial charge in [0.15, 0.2) is 0 Å². The van der Waals surface area contributed by atoms with Crippen molar-refractivity contribution in [2.24, 2.45) is 0 Å². The van der Waals surface area contributed by atoms with Crippen LogP contribution in [0, 0.1) is 0 Å².